The van der Waals surface area contributed by atoms with Gasteiger partial charge in [-0.3, -0.25) is 4.98 Å². The van der Waals surface area contributed by atoms with Crippen molar-refractivity contribution < 1.29 is 4.74 Å². The first-order valence-corrected chi connectivity index (χ1v) is 6.60. The molecular weight excluding hydrogens is 306 g/mol. The number of hydrogen-bond acceptors (Lipinski definition) is 3. The van der Waals surface area contributed by atoms with Gasteiger partial charge in [0.15, 0.2) is 0 Å². The van der Waals surface area contributed by atoms with Gasteiger partial charge in [0.1, 0.15) is 11.6 Å². The fourth-order valence-electron chi connectivity index (χ4n) is 2.08. The standard InChI is InChI=1S/C14H12BrN3O/c1-18-13-4-3-10(15)6-12(13)17-14(18)9-5-11(19-2)8-16-7-9/h3-8H,1-2H3. The van der Waals surface area contributed by atoms with Gasteiger partial charge in [-0.15, -0.1) is 0 Å². The van der Waals surface area contributed by atoms with Gasteiger partial charge in [-0.25, -0.2) is 4.98 Å². The van der Waals surface area contributed by atoms with E-state index in [1.54, 1.807) is 19.5 Å². The molecule has 0 saturated heterocycles. The first-order valence-electron chi connectivity index (χ1n) is 5.80. The molecule has 96 valence electrons. The Balaban J connectivity index is 2.21. The number of rotatable bonds is 2. The lowest BCUT2D eigenvalue weighted by Crippen LogP contribution is -1.94. The van der Waals surface area contributed by atoms with Crippen molar-refractivity contribution >= 4 is 27.0 Å². The monoisotopic (exact) mass is 317 g/mol. The van der Waals surface area contributed by atoms with Crippen LogP contribution in [0.2, 0.25) is 0 Å². The molecule has 0 aliphatic rings. The minimum atomic E-state index is 0.728. The molecule has 0 fully saturated rings. The number of aromatic nitrogens is 3. The third-order valence-corrected chi connectivity index (χ3v) is 3.54. The van der Waals surface area contributed by atoms with E-state index in [9.17, 15) is 0 Å². The van der Waals surface area contributed by atoms with Crippen molar-refractivity contribution in [3.63, 3.8) is 0 Å². The van der Waals surface area contributed by atoms with Crippen LogP contribution in [-0.4, -0.2) is 21.6 Å². The fraction of sp³-hybridized carbons (Fsp3) is 0.143. The molecule has 3 aromatic rings. The number of pyridine rings is 1. The lowest BCUT2D eigenvalue weighted by atomic mass is 10.2. The maximum absolute atomic E-state index is 5.20. The largest absolute Gasteiger partial charge is 0.495 e. The smallest absolute Gasteiger partial charge is 0.142 e. The number of hydrogen-bond donors (Lipinski definition) is 0. The van der Waals surface area contributed by atoms with Crippen molar-refractivity contribution in [2.75, 3.05) is 7.11 Å². The summed E-state index contributed by atoms with van der Waals surface area (Å²) in [6, 6.07) is 8.00. The third-order valence-electron chi connectivity index (χ3n) is 3.05. The van der Waals surface area contributed by atoms with E-state index < -0.39 is 0 Å². The molecule has 0 unspecified atom stereocenters. The van der Waals surface area contributed by atoms with Gasteiger partial charge in [-0.05, 0) is 24.3 Å². The number of aryl methyl sites for hydroxylation is 1. The Kier molecular flexibility index (Phi) is 2.98. The number of methoxy groups -OCH3 is 1. The van der Waals surface area contributed by atoms with Crippen LogP contribution in [0.15, 0.2) is 41.1 Å². The maximum Gasteiger partial charge on any atom is 0.142 e. The molecule has 2 aromatic heterocycles. The Morgan fingerprint density at radius 2 is 2.05 bits per heavy atom. The summed E-state index contributed by atoms with van der Waals surface area (Å²) in [6.07, 6.45) is 3.47. The van der Waals surface area contributed by atoms with E-state index in [0.29, 0.717) is 0 Å². The van der Waals surface area contributed by atoms with Crippen LogP contribution in [0.4, 0.5) is 0 Å². The molecule has 0 N–H and O–H groups in total. The second-order valence-electron chi connectivity index (χ2n) is 4.24. The van der Waals surface area contributed by atoms with Crippen LogP contribution >= 0.6 is 15.9 Å². The lowest BCUT2D eigenvalue weighted by Gasteiger charge is -2.04. The van der Waals surface area contributed by atoms with Crippen LogP contribution in [0.3, 0.4) is 0 Å². The molecule has 0 aliphatic carbocycles. The van der Waals surface area contributed by atoms with Crippen molar-refractivity contribution in [2.24, 2.45) is 7.05 Å². The Hall–Kier alpha value is -1.88. The zero-order valence-electron chi connectivity index (χ0n) is 10.6. The van der Waals surface area contributed by atoms with Gasteiger partial charge in [-0.1, -0.05) is 15.9 Å². The topological polar surface area (TPSA) is 39.9 Å². The summed E-state index contributed by atoms with van der Waals surface area (Å²) in [5, 5.41) is 0. The van der Waals surface area contributed by atoms with E-state index in [1.807, 2.05) is 31.3 Å². The molecule has 0 radical (unpaired) electrons. The summed E-state index contributed by atoms with van der Waals surface area (Å²) >= 11 is 3.46. The number of benzene rings is 1. The van der Waals surface area contributed by atoms with Crippen molar-refractivity contribution in [3.8, 4) is 17.1 Å². The highest BCUT2D eigenvalue weighted by Gasteiger charge is 2.11. The van der Waals surface area contributed by atoms with E-state index in [0.717, 1.165) is 32.6 Å². The van der Waals surface area contributed by atoms with Crippen LogP contribution in [0.5, 0.6) is 5.75 Å². The first kappa shape index (κ1) is 12.2. The molecule has 0 atom stereocenters. The van der Waals surface area contributed by atoms with Gasteiger partial charge < -0.3 is 9.30 Å². The van der Waals surface area contributed by atoms with Gasteiger partial charge in [0.05, 0.1) is 24.3 Å². The molecule has 19 heavy (non-hydrogen) atoms. The van der Waals surface area contributed by atoms with Gasteiger partial charge in [0, 0.05) is 23.3 Å². The van der Waals surface area contributed by atoms with Gasteiger partial charge >= 0.3 is 0 Å². The van der Waals surface area contributed by atoms with E-state index >= 15 is 0 Å². The van der Waals surface area contributed by atoms with Crippen LogP contribution in [0.1, 0.15) is 0 Å². The number of nitrogens with zero attached hydrogens (tertiary/aromatic N) is 3. The molecule has 0 bridgehead atoms. The van der Waals surface area contributed by atoms with E-state index in [1.165, 1.54) is 0 Å². The highest BCUT2D eigenvalue weighted by atomic mass is 79.9. The zero-order valence-corrected chi connectivity index (χ0v) is 12.2. The fourth-order valence-corrected chi connectivity index (χ4v) is 2.43. The molecule has 0 spiro atoms. The minimum absolute atomic E-state index is 0.728. The normalized spacial score (nSPS) is 10.9. The second kappa shape index (κ2) is 4.66. The molecule has 4 nitrogen and oxygen atoms in total. The quantitative estimate of drug-likeness (QED) is 0.727. The van der Waals surface area contributed by atoms with Crippen molar-refractivity contribution in [1.29, 1.82) is 0 Å². The van der Waals surface area contributed by atoms with Crippen molar-refractivity contribution in [1.82, 2.24) is 14.5 Å². The molecule has 0 aliphatic heterocycles. The Bertz CT molecular complexity index is 752. The predicted octanol–water partition coefficient (Wildman–Crippen LogP) is 3.41. The minimum Gasteiger partial charge on any atom is -0.495 e. The number of halogens is 1. The summed E-state index contributed by atoms with van der Waals surface area (Å²) < 4.78 is 8.28. The Morgan fingerprint density at radius 3 is 2.84 bits per heavy atom. The highest BCUT2D eigenvalue weighted by Crippen LogP contribution is 2.27. The molecule has 2 heterocycles. The lowest BCUT2D eigenvalue weighted by molar-refractivity contribution is 0.413. The zero-order chi connectivity index (χ0) is 13.4. The number of fused-ring (bicyclic) bond motifs is 1. The van der Waals surface area contributed by atoms with Crippen LogP contribution in [-0.2, 0) is 7.05 Å². The van der Waals surface area contributed by atoms with Crippen molar-refractivity contribution in [2.45, 2.75) is 0 Å². The second-order valence-corrected chi connectivity index (χ2v) is 5.16. The van der Waals surface area contributed by atoms with Crippen LogP contribution in [0, 0.1) is 0 Å². The van der Waals surface area contributed by atoms with Crippen molar-refractivity contribution in [3.05, 3.63) is 41.1 Å². The highest BCUT2D eigenvalue weighted by molar-refractivity contribution is 9.10. The summed E-state index contributed by atoms with van der Waals surface area (Å²) in [6.45, 7) is 0. The molecule has 1 aromatic carbocycles. The average Bonchev–Trinajstić information content (AvgIpc) is 2.75. The molecular formula is C14H12BrN3O. The van der Waals surface area contributed by atoms with E-state index in [-0.39, 0.29) is 0 Å². The summed E-state index contributed by atoms with van der Waals surface area (Å²) in [7, 11) is 3.63. The summed E-state index contributed by atoms with van der Waals surface area (Å²) in [4.78, 5) is 8.83. The molecule has 0 saturated carbocycles. The van der Waals surface area contributed by atoms with E-state index in [2.05, 4.69) is 30.5 Å². The molecule has 3 rings (SSSR count). The molecule has 5 heteroatoms. The maximum atomic E-state index is 5.20. The Morgan fingerprint density at radius 1 is 1.21 bits per heavy atom. The summed E-state index contributed by atoms with van der Waals surface area (Å²) in [5.41, 5.74) is 2.98. The third kappa shape index (κ3) is 2.10. The van der Waals surface area contributed by atoms with Gasteiger partial charge in [0.2, 0.25) is 0 Å². The van der Waals surface area contributed by atoms with Gasteiger partial charge in [0.25, 0.3) is 0 Å². The molecule has 0 amide bonds. The number of ether oxygens (including phenoxy) is 1. The van der Waals surface area contributed by atoms with Gasteiger partial charge in [-0.2, -0.15) is 0 Å². The number of imidazole rings is 1. The predicted molar refractivity (Wildman–Crippen MR) is 78.2 cm³/mol. The average molecular weight is 318 g/mol. The van der Waals surface area contributed by atoms with Crippen LogP contribution in [0.25, 0.3) is 22.4 Å². The summed E-state index contributed by atoms with van der Waals surface area (Å²) in [5.74, 6) is 1.60. The van der Waals surface area contributed by atoms with E-state index in [4.69, 9.17) is 4.74 Å². The van der Waals surface area contributed by atoms with Crippen LogP contribution < -0.4 is 4.74 Å². The first-order chi connectivity index (χ1) is 9.19. The Labute approximate surface area is 119 Å². The SMILES string of the molecule is COc1cncc(-c2nc3cc(Br)ccc3n2C)c1.